The second-order valence-corrected chi connectivity index (χ2v) is 5.33. The van der Waals surface area contributed by atoms with Crippen molar-refractivity contribution in [3.8, 4) is 0 Å². The first-order valence-electron chi connectivity index (χ1n) is 7.13. The van der Waals surface area contributed by atoms with Gasteiger partial charge in [-0.1, -0.05) is 44.2 Å². The number of hydrogen-bond acceptors (Lipinski definition) is 2. The van der Waals surface area contributed by atoms with Crippen LogP contribution in [0.3, 0.4) is 0 Å². The molecule has 2 heteroatoms. The molecule has 1 unspecified atom stereocenters. The molecule has 0 saturated heterocycles. The molecule has 1 rings (SSSR count). The van der Waals surface area contributed by atoms with Gasteiger partial charge in [0.15, 0.2) is 0 Å². The summed E-state index contributed by atoms with van der Waals surface area (Å²) in [5.74, 6) is 0.695. The van der Waals surface area contributed by atoms with E-state index >= 15 is 0 Å². The van der Waals surface area contributed by atoms with Crippen LogP contribution in [0.25, 0.3) is 0 Å². The van der Waals surface area contributed by atoms with Gasteiger partial charge >= 0.3 is 0 Å². The van der Waals surface area contributed by atoms with E-state index in [-0.39, 0.29) is 0 Å². The predicted octanol–water partition coefficient (Wildman–Crippen LogP) is 3.53. The molecular formula is C16H27NO. The second-order valence-electron chi connectivity index (χ2n) is 5.33. The SMILES string of the molecule is CC(C)CC(NCCCCCO)c1ccccc1. The highest BCUT2D eigenvalue weighted by Gasteiger charge is 2.11. The van der Waals surface area contributed by atoms with Gasteiger partial charge in [-0.2, -0.15) is 0 Å². The standard InChI is InChI=1S/C16H27NO/c1-14(2)13-16(15-9-5-3-6-10-15)17-11-7-4-8-12-18/h3,5-6,9-10,14,16-18H,4,7-8,11-13H2,1-2H3. The number of nitrogens with one attached hydrogen (secondary N) is 1. The molecular weight excluding hydrogens is 222 g/mol. The highest BCUT2D eigenvalue weighted by Crippen LogP contribution is 2.20. The van der Waals surface area contributed by atoms with Crippen molar-refractivity contribution >= 4 is 0 Å². The molecule has 0 aliphatic heterocycles. The van der Waals surface area contributed by atoms with E-state index in [2.05, 4.69) is 49.5 Å². The summed E-state index contributed by atoms with van der Waals surface area (Å²) in [4.78, 5) is 0. The Balaban J connectivity index is 2.41. The largest absolute Gasteiger partial charge is 0.396 e. The van der Waals surface area contributed by atoms with Crippen LogP contribution >= 0.6 is 0 Å². The van der Waals surface area contributed by atoms with Gasteiger partial charge in [0.2, 0.25) is 0 Å². The first-order chi connectivity index (χ1) is 8.74. The molecule has 0 spiro atoms. The van der Waals surface area contributed by atoms with Crippen LogP contribution in [0.5, 0.6) is 0 Å². The Hall–Kier alpha value is -0.860. The van der Waals surface area contributed by atoms with E-state index in [0.717, 1.165) is 25.8 Å². The van der Waals surface area contributed by atoms with Crippen molar-refractivity contribution in [2.75, 3.05) is 13.2 Å². The molecule has 0 heterocycles. The van der Waals surface area contributed by atoms with Gasteiger partial charge in [0.25, 0.3) is 0 Å². The maximum Gasteiger partial charge on any atom is 0.0431 e. The summed E-state index contributed by atoms with van der Waals surface area (Å²) >= 11 is 0. The zero-order chi connectivity index (χ0) is 13.2. The molecule has 0 saturated carbocycles. The smallest absolute Gasteiger partial charge is 0.0431 e. The molecule has 18 heavy (non-hydrogen) atoms. The molecule has 0 amide bonds. The van der Waals surface area contributed by atoms with Crippen molar-refractivity contribution in [3.05, 3.63) is 35.9 Å². The number of unbranched alkanes of at least 4 members (excludes halogenated alkanes) is 2. The van der Waals surface area contributed by atoms with Crippen LogP contribution in [0.4, 0.5) is 0 Å². The molecule has 2 N–H and O–H groups in total. The summed E-state index contributed by atoms with van der Waals surface area (Å²) in [6, 6.07) is 11.1. The summed E-state index contributed by atoms with van der Waals surface area (Å²) in [6.07, 6.45) is 4.33. The van der Waals surface area contributed by atoms with Crippen molar-refractivity contribution in [2.45, 2.75) is 45.6 Å². The zero-order valence-corrected chi connectivity index (χ0v) is 11.7. The molecule has 0 aliphatic rings. The van der Waals surface area contributed by atoms with Gasteiger partial charge in [0, 0.05) is 12.6 Å². The molecule has 1 atom stereocenters. The van der Waals surface area contributed by atoms with Crippen molar-refractivity contribution < 1.29 is 5.11 Å². The number of aliphatic hydroxyl groups excluding tert-OH is 1. The number of rotatable bonds is 9. The molecule has 1 aromatic carbocycles. The number of aliphatic hydroxyl groups is 1. The van der Waals surface area contributed by atoms with Crippen molar-refractivity contribution in [3.63, 3.8) is 0 Å². The minimum absolute atomic E-state index is 0.314. The first kappa shape index (κ1) is 15.2. The molecule has 102 valence electrons. The highest BCUT2D eigenvalue weighted by atomic mass is 16.2. The van der Waals surface area contributed by atoms with Gasteiger partial charge in [-0.25, -0.2) is 0 Å². The fraction of sp³-hybridized carbons (Fsp3) is 0.625. The normalized spacial score (nSPS) is 12.9. The van der Waals surface area contributed by atoms with Crippen molar-refractivity contribution in [1.29, 1.82) is 0 Å². The Labute approximate surface area is 111 Å². The van der Waals surface area contributed by atoms with Crippen LogP contribution in [0.1, 0.15) is 51.1 Å². The van der Waals surface area contributed by atoms with Crippen molar-refractivity contribution in [2.24, 2.45) is 5.92 Å². The molecule has 2 nitrogen and oxygen atoms in total. The van der Waals surface area contributed by atoms with E-state index in [1.165, 1.54) is 12.0 Å². The predicted molar refractivity (Wildman–Crippen MR) is 77.6 cm³/mol. The molecule has 0 radical (unpaired) electrons. The summed E-state index contributed by atoms with van der Waals surface area (Å²) in [5, 5.41) is 12.4. The summed E-state index contributed by atoms with van der Waals surface area (Å²) in [7, 11) is 0. The topological polar surface area (TPSA) is 32.3 Å². The van der Waals surface area contributed by atoms with Crippen LogP contribution in [-0.2, 0) is 0 Å². The summed E-state index contributed by atoms with van der Waals surface area (Å²) in [5.41, 5.74) is 1.38. The lowest BCUT2D eigenvalue weighted by atomic mass is 9.97. The summed E-state index contributed by atoms with van der Waals surface area (Å²) < 4.78 is 0. The van der Waals surface area contributed by atoms with Crippen LogP contribution in [0.2, 0.25) is 0 Å². The van der Waals surface area contributed by atoms with Gasteiger partial charge in [-0.05, 0) is 43.7 Å². The first-order valence-corrected chi connectivity index (χ1v) is 7.13. The van der Waals surface area contributed by atoms with Gasteiger partial charge in [-0.15, -0.1) is 0 Å². The van der Waals surface area contributed by atoms with Crippen molar-refractivity contribution in [1.82, 2.24) is 5.32 Å². The molecule has 0 bridgehead atoms. The molecule has 0 fully saturated rings. The molecule has 0 aromatic heterocycles. The Morgan fingerprint density at radius 1 is 1.06 bits per heavy atom. The van der Waals surface area contributed by atoms with Crippen LogP contribution in [0.15, 0.2) is 30.3 Å². The van der Waals surface area contributed by atoms with E-state index in [0.29, 0.717) is 18.6 Å². The van der Waals surface area contributed by atoms with Crippen LogP contribution in [0, 0.1) is 5.92 Å². The third-order valence-corrected chi connectivity index (χ3v) is 3.13. The third kappa shape index (κ3) is 6.18. The summed E-state index contributed by atoms with van der Waals surface area (Å²) in [6.45, 7) is 5.88. The Kier molecular flexibility index (Phi) is 7.70. The van der Waals surface area contributed by atoms with Crippen LogP contribution in [-0.4, -0.2) is 18.3 Å². The maximum atomic E-state index is 8.75. The minimum atomic E-state index is 0.314. The Morgan fingerprint density at radius 3 is 2.39 bits per heavy atom. The fourth-order valence-corrected chi connectivity index (χ4v) is 2.18. The van der Waals surface area contributed by atoms with E-state index in [4.69, 9.17) is 5.11 Å². The highest BCUT2D eigenvalue weighted by molar-refractivity contribution is 5.18. The van der Waals surface area contributed by atoms with Gasteiger partial charge in [0.1, 0.15) is 0 Å². The van der Waals surface area contributed by atoms with E-state index in [9.17, 15) is 0 Å². The van der Waals surface area contributed by atoms with Gasteiger partial charge in [-0.3, -0.25) is 0 Å². The van der Waals surface area contributed by atoms with Crippen LogP contribution < -0.4 is 5.32 Å². The second kappa shape index (κ2) is 9.12. The quantitative estimate of drug-likeness (QED) is 0.656. The molecule has 1 aromatic rings. The lowest BCUT2D eigenvalue weighted by Gasteiger charge is -2.21. The zero-order valence-electron chi connectivity index (χ0n) is 11.7. The third-order valence-electron chi connectivity index (χ3n) is 3.13. The Bertz CT molecular complexity index is 297. The average Bonchev–Trinajstić information content (AvgIpc) is 2.38. The monoisotopic (exact) mass is 249 g/mol. The van der Waals surface area contributed by atoms with Gasteiger partial charge in [0.05, 0.1) is 0 Å². The van der Waals surface area contributed by atoms with E-state index < -0.39 is 0 Å². The minimum Gasteiger partial charge on any atom is -0.396 e. The molecule has 0 aliphatic carbocycles. The number of benzene rings is 1. The maximum absolute atomic E-state index is 8.75. The lowest BCUT2D eigenvalue weighted by Crippen LogP contribution is -2.24. The Morgan fingerprint density at radius 2 is 1.78 bits per heavy atom. The number of hydrogen-bond donors (Lipinski definition) is 2. The van der Waals surface area contributed by atoms with E-state index in [1.54, 1.807) is 0 Å². The average molecular weight is 249 g/mol. The fourth-order valence-electron chi connectivity index (χ4n) is 2.18. The van der Waals surface area contributed by atoms with E-state index in [1.807, 2.05) is 0 Å². The lowest BCUT2D eigenvalue weighted by molar-refractivity contribution is 0.282. The van der Waals surface area contributed by atoms with Gasteiger partial charge < -0.3 is 10.4 Å².